The number of nitro groups is 1. The van der Waals surface area contributed by atoms with Gasteiger partial charge in [-0.1, -0.05) is 12.1 Å². The van der Waals surface area contributed by atoms with Gasteiger partial charge in [0.1, 0.15) is 5.69 Å². The third-order valence-corrected chi connectivity index (χ3v) is 2.83. The van der Waals surface area contributed by atoms with E-state index in [1.165, 1.54) is 12.3 Å². The Morgan fingerprint density at radius 1 is 1.31 bits per heavy atom. The molecule has 0 bridgehead atoms. The molecule has 0 atom stereocenters. The van der Waals surface area contributed by atoms with Crippen molar-refractivity contribution in [2.45, 2.75) is 6.92 Å². The van der Waals surface area contributed by atoms with E-state index in [2.05, 4.69) is 10.1 Å². The summed E-state index contributed by atoms with van der Waals surface area (Å²) in [6, 6.07) is 10.2. The van der Waals surface area contributed by atoms with Gasteiger partial charge in [-0.05, 0) is 37.3 Å². The van der Waals surface area contributed by atoms with Gasteiger partial charge in [-0.3, -0.25) is 15.8 Å². The van der Waals surface area contributed by atoms with Crippen molar-refractivity contribution in [3.63, 3.8) is 0 Å². The molecule has 0 spiro atoms. The van der Waals surface area contributed by atoms with Gasteiger partial charge in [0.05, 0.1) is 4.92 Å². The molecule has 26 heavy (non-hydrogen) atoms. The predicted octanol–water partition coefficient (Wildman–Crippen LogP) is -0.929. The summed E-state index contributed by atoms with van der Waals surface area (Å²) in [6.07, 6.45) is 6.63. The van der Waals surface area contributed by atoms with Crippen molar-refractivity contribution in [1.82, 2.24) is 14.7 Å². The van der Waals surface area contributed by atoms with E-state index >= 15 is 0 Å². The van der Waals surface area contributed by atoms with Crippen LogP contribution in [0.4, 0.5) is 5.69 Å². The summed E-state index contributed by atoms with van der Waals surface area (Å²) in [7, 11) is 0. The first kappa shape index (κ1) is 20.2. The summed E-state index contributed by atoms with van der Waals surface area (Å²) >= 11 is 0. The fourth-order valence-electron chi connectivity index (χ4n) is 1.87. The zero-order valence-electron chi connectivity index (χ0n) is 13.9. The Morgan fingerprint density at radius 3 is 2.58 bits per heavy atom. The predicted molar refractivity (Wildman–Crippen MR) is 96.9 cm³/mol. The van der Waals surface area contributed by atoms with Crippen LogP contribution in [0.3, 0.4) is 0 Å². The lowest BCUT2D eigenvalue weighted by Gasteiger charge is -2.06. The van der Waals surface area contributed by atoms with Gasteiger partial charge < -0.3 is 14.5 Å². The van der Waals surface area contributed by atoms with Crippen LogP contribution >= 0.6 is 0 Å². The molecule has 1 aromatic heterocycles. The Labute approximate surface area is 148 Å². The lowest BCUT2D eigenvalue weighted by atomic mass is 10.2. The van der Waals surface area contributed by atoms with Gasteiger partial charge in [-0.2, -0.15) is 11.3 Å². The van der Waals surface area contributed by atoms with Gasteiger partial charge >= 0.3 is 5.96 Å². The minimum absolute atomic E-state index is 0.0342. The molecule has 0 saturated heterocycles. The summed E-state index contributed by atoms with van der Waals surface area (Å²) in [5, 5.41) is 20.0. The number of carboxylic acid groups (broad SMARTS) is 1. The largest absolute Gasteiger partial charge is 0.550 e. The quantitative estimate of drug-likeness (QED) is 0.158. The van der Waals surface area contributed by atoms with E-state index in [1.54, 1.807) is 47.2 Å². The maximum absolute atomic E-state index is 11.1. The van der Waals surface area contributed by atoms with Crippen LogP contribution in [0.15, 0.2) is 48.7 Å². The van der Waals surface area contributed by atoms with Crippen LogP contribution in [0, 0.1) is 10.1 Å². The topological polar surface area (TPSA) is 166 Å². The Morgan fingerprint density at radius 2 is 1.96 bits per heavy atom. The van der Waals surface area contributed by atoms with Crippen molar-refractivity contribution in [3.8, 4) is 5.69 Å². The number of carbonyl (C=O) groups is 1. The van der Waals surface area contributed by atoms with Crippen LogP contribution < -0.4 is 26.8 Å². The van der Waals surface area contributed by atoms with Crippen molar-refractivity contribution < 1.29 is 14.8 Å². The number of nitrogens with zero attached hydrogens (tertiary/aromatic N) is 3. The number of nitrogens with one attached hydrogen (secondary N) is 1. The van der Waals surface area contributed by atoms with Crippen molar-refractivity contribution in [2.24, 2.45) is 11.6 Å². The van der Waals surface area contributed by atoms with E-state index < -0.39 is 10.9 Å². The van der Waals surface area contributed by atoms with Crippen molar-refractivity contribution in [3.05, 3.63) is 64.5 Å². The minimum atomic E-state index is -1.08. The molecule has 0 amide bonds. The molecular formula is C16H18N6O4. The molecule has 0 radical (unpaired) electrons. The lowest BCUT2D eigenvalue weighted by Crippen LogP contribution is -2.38. The molecule has 2 rings (SSSR count). The second-order valence-electron chi connectivity index (χ2n) is 4.71. The number of hydrogen-bond acceptors (Lipinski definition) is 5. The Balaban J connectivity index is 0.000000765. The first-order chi connectivity index (χ1) is 12.4. The number of carbonyl (C=O) groups excluding carboxylic acids is 1. The van der Waals surface area contributed by atoms with Gasteiger partial charge in [-0.25, -0.2) is 4.67 Å². The SMILES string of the molecule is CC(=O)[O-].NNC(N)=[N+]=C/C=C/c1cccn1-c1ccccc1[N+](=O)[O-]. The maximum Gasteiger partial charge on any atom is 0.453 e. The monoisotopic (exact) mass is 358 g/mol. The molecule has 0 aliphatic rings. The Hall–Kier alpha value is -3.88. The fourth-order valence-corrected chi connectivity index (χ4v) is 1.87. The number of carboxylic acids is 1. The van der Waals surface area contributed by atoms with Crippen LogP contribution in [0.5, 0.6) is 0 Å². The number of aliphatic carboxylic acids is 1. The molecule has 0 fully saturated rings. The van der Waals surface area contributed by atoms with E-state index in [-0.39, 0.29) is 11.6 Å². The smallest absolute Gasteiger partial charge is 0.453 e. The van der Waals surface area contributed by atoms with E-state index in [1.807, 2.05) is 6.07 Å². The number of rotatable bonds is 4. The highest BCUT2D eigenvalue weighted by Crippen LogP contribution is 2.24. The molecule has 136 valence electrons. The summed E-state index contributed by atoms with van der Waals surface area (Å²) in [6.45, 7) is 0.972. The second-order valence-corrected chi connectivity index (χ2v) is 4.71. The normalized spacial score (nSPS) is 9.62. The van der Waals surface area contributed by atoms with Crippen LogP contribution in [0.25, 0.3) is 11.8 Å². The van der Waals surface area contributed by atoms with Gasteiger partial charge in [0.25, 0.3) is 5.69 Å². The van der Waals surface area contributed by atoms with E-state index in [9.17, 15) is 10.1 Å². The van der Waals surface area contributed by atoms with Crippen molar-refractivity contribution in [1.29, 1.82) is 0 Å². The molecular weight excluding hydrogens is 340 g/mol. The van der Waals surface area contributed by atoms with E-state index in [0.717, 1.165) is 12.6 Å². The molecule has 5 N–H and O–H groups in total. The number of hydrogen-bond donors (Lipinski definition) is 3. The van der Waals surface area contributed by atoms with Crippen LogP contribution in [-0.2, 0) is 4.79 Å². The lowest BCUT2D eigenvalue weighted by molar-refractivity contribution is -0.384. The van der Waals surface area contributed by atoms with Crippen LogP contribution in [0.1, 0.15) is 12.6 Å². The Kier molecular flexibility index (Phi) is 7.82. The highest BCUT2D eigenvalue weighted by Gasteiger charge is 2.14. The summed E-state index contributed by atoms with van der Waals surface area (Å²) in [4.78, 5) is 19.6. The van der Waals surface area contributed by atoms with Gasteiger partial charge in [-0.15, -0.1) is 0 Å². The fraction of sp³-hybridized carbons (Fsp3) is 0.0625. The molecule has 0 aliphatic heterocycles. The number of nitro benzene ring substituents is 1. The maximum atomic E-state index is 11.1. The first-order valence-corrected chi connectivity index (χ1v) is 7.25. The van der Waals surface area contributed by atoms with E-state index in [0.29, 0.717) is 5.69 Å². The molecule has 10 nitrogen and oxygen atoms in total. The zero-order valence-corrected chi connectivity index (χ0v) is 13.9. The number of allylic oxidation sites excluding steroid dienone is 1. The molecule has 2 aromatic rings. The zero-order chi connectivity index (χ0) is 19.5. The average molecular weight is 358 g/mol. The molecule has 0 saturated carbocycles. The Bertz CT molecular complexity index is 861. The second kappa shape index (κ2) is 10.1. The third-order valence-electron chi connectivity index (χ3n) is 2.83. The molecule has 0 unspecified atom stereocenters. The van der Waals surface area contributed by atoms with E-state index in [4.69, 9.17) is 21.5 Å². The first-order valence-electron chi connectivity index (χ1n) is 7.25. The molecule has 1 heterocycles. The number of aromatic nitrogens is 1. The number of nitrogens with two attached hydrogens (primary N) is 2. The highest BCUT2D eigenvalue weighted by atomic mass is 16.6. The third kappa shape index (κ3) is 6.32. The number of benzene rings is 1. The summed E-state index contributed by atoms with van der Waals surface area (Å²) in [5.74, 6) is 4.07. The summed E-state index contributed by atoms with van der Waals surface area (Å²) in [5.41, 5.74) is 8.86. The molecule has 0 aliphatic carbocycles. The number of guanidine groups is 1. The standard InChI is InChI=1S/C14H14N6O2.C2H4O2/c15-14(18-16)17-9-3-5-11-6-4-10-19(11)12-7-1-2-8-13(12)20(21)22;1-2(3)4/h1-10H,16H2,(H2,15,18);1H3,(H,3,4)/b5-3+;. The average Bonchev–Trinajstić information content (AvgIpc) is 3.06. The number of hydrazine groups is 1. The van der Waals surface area contributed by atoms with Crippen molar-refractivity contribution in [2.75, 3.05) is 0 Å². The minimum Gasteiger partial charge on any atom is -0.550 e. The van der Waals surface area contributed by atoms with Crippen LogP contribution in [-0.4, -0.2) is 27.6 Å². The van der Waals surface area contributed by atoms with Gasteiger partial charge in [0.2, 0.25) is 0 Å². The highest BCUT2D eigenvalue weighted by molar-refractivity contribution is 5.85. The van der Waals surface area contributed by atoms with Crippen molar-refractivity contribution >= 4 is 29.9 Å². The number of para-hydroxylation sites is 2. The molecule has 1 aromatic carbocycles. The summed E-state index contributed by atoms with van der Waals surface area (Å²) < 4.78 is 5.54. The van der Waals surface area contributed by atoms with Gasteiger partial charge in [0.15, 0.2) is 6.21 Å². The van der Waals surface area contributed by atoms with Gasteiger partial charge in [0, 0.05) is 23.9 Å². The van der Waals surface area contributed by atoms with Crippen LogP contribution in [0.2, 0.25) is 0 Å². The molecule has 10 heteroatoms.